The van der Waals surface area contributed by atoms with Crippen molar-refractivity contribution in [2.24, 2.45) is 0 Å². The van der Waals surface area contributed by atoms with E-state index in [1.807, 2.05) is 0 Å². The summed E-state index contributed by atoms with van der Waals surface area (Å²) in [6.07, 6.45) is 6.39. The number of aliphatic hydroxyl groups is 1. The highest BCUT2D eigenvalue weighted by Crippen LogP contribution is 2.42. The second-order valence-corrected chi connectivity index (χ2v) is 6.81. The Labute approximate surface area is 140 Å². The molecule has 3 rings (SSSR count). The van der Waals surface area contributed by atoms with Crippen LogP contribution in [0.5, 0.6) is 0 Å². The van der Waals surface area contributed by atoms with Crippen LogP contribution in [0.2, 0.25) is 5.02 Å². The molecule has 0 aromatic carbocycles. The average molecular weight is 340 g/mol. The van der Waals surface area contributed by atoms with Gasteiger partial charge in [-0.1, -0.05) is 18.0 Å². The van der Waals surface area contributed by atoms with Crippen molar-refractivity contribution in [3.8, 4) is 0 Å². The fourth-order valence-electron chi connectivity index (χ4n) is 3.08. The Kier molecular flexibility index (Phi) is 4.47. The first-order valence-electron chi connectivity index (χ1n) is 8.08. The van der Waals surface area contributed by atoms with Crippen molar-refractivity contribution in [3.05, 3.63) is 16.5 Å². The van der Waals surface area contributed by atoms with Crippen molar-refractivity contribution in [1.82, 2.24) is 9.97 Å². The van der Waals surface area contributed by atoms with Crippen LogP contribution in [0.4, 0.5) is 5.82 Å². The maximum absolute atomic E-state index is 12.0. The molecule has 7 heteroatoms. The van der Waals surface area contributed by atoms with Crippen LogP contribution in [0.1, 0.15) is 67.2 Å². The van der Waals surface area contributed by atoms with E-state index in [9.17, 15) is 9.90 Å². The summed E-state index contributed by atoms with van der Waals surface area (Å²) in [7, 11) is 3.08. The van der Waals surface area contributed by atoms with Crippen LogP contribution in [0.15, 0.2) is 0 Å². The number of ether oxygens (including phenoxy) is 1. The van der Waals surface area contributed by atoms with Crippen LogP contribution in [-0.2, 0) is 4.74 Å². The monoisotopic (exact) mass is 339 g/mol. The van der Waals surface area contributed by atoms with Crippen LogP contribution < -0.4 is 4.90 Å². The molecular formula is C16H22ClN3O3. The van der Waals surface area contributed by atoms with E-state index >= 15 is 0 Å². The number of aromatic nitrogens is 2. The Morgan fingerprint density at radius 3 is 2.52 bits per heavy atom. The Bertz CT molecular complexity index is 613. The molecule has 0 radical (unpaired) electrons. The number of carbonyl (C=O) groups is 1. The molecule has 0 atom stereocenters. The summed E-state index contributed by atoms with van der Waals surface area (Å²) in [4.78, 5) is 22.5. The van der Waals surface area contributed by atoms with Gasteiger partial charge in [-0.05, 0) is 38.5 Å². The fraction of sp³-hybridized carbons (Fsp3) is 0.688. The average Bonchev–Trinajstić information content (AvgIpc) is 3.39. The SMILES string of the molecule is COC(=O)c1nc(C2CC2)nc(N(C)C2(O)CCCCC2)c1Cl. The zero-order valence-corrected chi connectivity index (χ0v) is 14.3. The normalized spacial score (nSPS) is 20.2. The van der Waals surface area contributed by atoms with Gasteiger partial charge in [-0.3, -0.25) is 0 Å². The van der Waals surface area contributed by atoms with E-state index in [0.717, 1.165) is 32.1 Å². The van der Waals surface area contributed by atoms with Gasteiger partial charge in [0, 0.05) is 13.0 Å². The van der Waals surface area contributed by atoms with E-state index in [-0.39, 0.29) is 16.6 Å². The van der Waals surface area contributed by atoms with Gasteiger partial charge in [0.25, 0.3) is 0 Å². The summed E-state index contributed by atoms with van der Waals surface area (Å²) in [5.41, 5.74) is -0.905. The van der Waals surface area contributed by atoms with Gasteiger partial charge >= 0.3 is 5.97 Å². The molecule has 2 aliphatic carbocycles. The molecule has 0 aliphatic heterocycles. The number of hydrogen-bond acceptors (Lipinski definition) is 6. The number of anilines is 1. The third-order valence-electron chi connectivity index (χ3n) is 4.77. The summed E-state index contributed by atoms with van der Waals surface area (Å²) in [6.45, 7) is 0. The van der Waals surface area contributed by atoms with Crippen molar-refractivity contribution in [2.75, 3.05) is 19.1 Å². The third kappa shape index (κ3) is 3.15. The van der Waals surface area contributed by atoms with E-state index in [1.165, 1.54) is 7.11 Å². The van der Waals surface area contributed by atoms with E-state index in [2.05, 4.69) is 9.97 Å². The number of carbonyl (C=O) groups excluding carboxylic acids is 1. The molecule has 1 N–H and O–H groups in total. The molecule has 1 heterocycles. The highest BCUT2D eigenvalue weighted by Gasteiger charge is 2.38. The van der Waals surface area contributed by atoms with E-state index in [4.69, 9.17) is 16.3 Å². The third-order valence-corrected chi connectivity index (χ3v) is 5.12. The standard InChI is InChI=1S/C16H22ClN3O3/c1-20(16(22)8-4-3-5-9-16)14-11(17)12(15(21)23-2)18-13(19-14)10-6-7-10/h10,22H,3-9H2,1-2H3. The second kappa shape index (κ2) is 6.24. The number of methoxy groups -OCH3 is 1. The molecule has 23 heavy (non-hydrogen) atoms. The molecule has 6 nitrogen and oxygen atoms in total. The first kappa shape index (κ1) is 16.5. The molecule has 0 unspecified atom stereocenters. The Morgan fingerprint density at radius 2 is 1.96 bits per heavy atom. The molecular weight excluding hydrogens is 318 g/mol. The van der Waals surface area contributed by atoms with Gasteiger partial charge in [0.15, 0.2) is 11.5 Å². The van der Waals surface area contributed by atoms with Crippen molar-refractivity contribution in [1.29, 1.82) is 0 Å². The number of esters is 1. The zero-order valence-electron chi connectivity index (χ0n) is 13.5. The maximum atomic E-state index is 12.0. The summed E-state index contributed by atoms with van der Waals surface area (Å²) in [5.74, 6) is 0.706. The predicted molar refractivity (Wildman–Crippen MR) is 86.8 cm³/mol. The van der Waals surface area contributed by atoms with Crippen LogP contribution in [0, 0.1) is 0 Å². The van der Waals surface area contributed by atoms with Crippen LogP contribution in [0.25, 0.3) is 0 Å². The first-order chi connectivity index (χ1) is 11.0. The fourth-order valence-corrected chi connectivity index (χ4v) is 3.37. The quantitative estimate of drug-likeness (QED) is 0.671. The van der Waals surface area contributed by atoms with Crippen molar-refractivity contribution in [2.45, 2.75) is 56.6 Å². The molecule has 0 bridgehead atoms. The van der Waals surface area contributed by atoms with Gasteiger partial charge in [0.1, 0.15) is 16.6 Å². The molecule has 2 saturated carbocycles. The molecule has 1 aromatic heterocycles. The molecule has 1 aromatic rings. The zero-order chi connectivity index (χ0) is 16.6. The highest BCUT2D eigenvalue weighted by atomic mass is 35.5. The number of hydrogen-bond donors (Lipinski definition) is 1. The van der Waals surface area contributed by atoms with Gasteiger partial charge in [0.05, 0.1) is 7.11 Å². The number of nitrogens with zero attached hydrogens (tertiary/aromatic N) is 3. The van der Waals surface area contributed by atoms with E-state index < -0.39 is 11.7 Å². The lowest BCUT2D eigenvalue weighted by Gasteiger charge is -2.41. The smallest absolute Gasteiger partial charge is 0.358 e. The molecule has 2 fully saturated rings. The molecule has 2 aliphatic rings. The topological polar surface area (TPSA) is 75.5 Å². The van der Waals surface area contributed by atoms with Crippen LogP contribution >= 0.6 is 11.6 Å². The van der Waals surface area contributed by atoms with Gasteiger partial charge in [-0.25, -0.2) is 14.8 Å². The summed E-state index contributed by atoms with van der Waals surface area (Å²) < 4.78 is 4.78. The molecule has 126 valence electrons. The van der Waals surface area contributed by atoms with Crippen LogP contribution in [-0.4, -0.2) is 40.9 Å². The molecule has 0 amide bonds. The lowest BCUT2D eigenvalue weighted by Crippen LogP contribution is -2.48. The van der Waals surface area contributed by atoms with E-state index in [1.54, 1.807) is 11.9 Å². The predicted octanol–water partition coefficient (Wildman–Crippen LogP) is 2.88. The summed E-state index contributed by atoms with van der Waals surface area (Å²) in [5, 5.41) is 11.1. The van der Waals surface area contributed by atoms with Crippen molar-refractivity contribution < 1.29 is 14.6 Å². The van der Waals surface area contributed by atoms with Crippen molar-refractivity contribution >= 4 is 23.4 Å². The molecule has 0 spiro atoms. The highest BCUT2D eigenvalue weighted by molar-refractivity contribution is 6.35. The van der Waals surface area contributed by atoms with Gasteiger partial charge in [0.2, 0.25) is 0 Å². The number of rotatable bonds is 4. The van der Waals surface area contributed by atoms with E-state index in [0.29, 0.717) is 24.5 Å². The maximum Gasteiger partial charge on any atom is 0.358 e. The molecule has 0 saturated heterocycles. The second-order valence-electron chi connectivity index (χ2n) is 6.44. The minimum atomic E-state index is -0.982. The Balaban J connectivity index is 2.02. The first-order valence-corrected chi connectivity index (χ1v) is 8.46. The Morgan fingerprint density at radius 1 is 1.30 bits per heavy atom. The number of halogens is 1. The van der Waals surface area contributed by atoms with Gasteiger partial charge < -0.3 is 14.7 Å². The Hall–Kier alpha value is -1.40. The largest absolute Gasteiger partial charge is 0.464 e. The van der Waals surface area contributed by atoms with Gasteiger partial charge in [-0.2, -0.15) is 0 Å². The summed E-state index contributed by atoms with van der Waals surface area (Å²) in [6, 6.07) is 0. The summed E-state index contributed by atoms with van der Waals surface area (Å²) >= 11 is 6.38. The lowest BCUT2D eigenvalue weighted by atomic mass is 9.90. The minimum Gasteiger partial charge on any atom is -0.464 e. The van der Waals surface area contributed by atoms with Crippen LogP contribution in [0.3, 0.4) is 0 Å². The minimum absolute atomic E-state index is 0.0762. The van der Waals surface area contributed by atoms with Gasteiger partial charge in [-0.15, -0.1) is 0 Å². The van der Waals surface area contributed by atoms with Crippen molar-refractivity contribution in [3.63, 3.8) is 0 Å². The lowest BCUT2D eigenvalue weighted by molar-refractivity contribution is 0.00478.